The molecule has 0 aromatic carbocycles. The van der Waals surface area contributed by atoms with Gasteiger partial charge in [0.05, 0.1) is 5.75 Å². The van der Waals surface area contributed by atoms with E-state index < -0.39 is 10.0 Å². The number of piperidine rings is 1. The van der Waals surface area contributed by atoms with Crippen LogP contribution in [-0.4, -0.2) is 49.6 Å². The summed E-state index contributed by atoms with van der Waals surface area (Å²) in [6.45, 7) is 7.03. The molecule has 1 aliphatic heterocycles. The Morgan fingerprint density at radius 2 is 1.73 bits per heavy atom. The monoisotopic (exact) mass is 355 g/mol. The van der Waals surface area contributed by atoms with Crippen molar-refractivity contribution in [2.75, 3.05) is 25.4 Å². The van der Waals surface area contributed by atoms with E-state index in [-0.39, 0.29) is 35.5 Å². The molecule has 1 rings (SSSR count). The molecule has 22 heavy (non-hydrogen) atoms. The predicted molar refractivity (Wildman–Crippen MR) is 91.5 cm³/mol. The van der Waals surface area contributed by atoms with Crippen LogP contribution in [0.4, 0.5) is 0 Å². The molecule has 0 aromatic rings. The van der Waals surface area contributed by atoms with Crippen LogP contribution < -0.4 is 11.1 Å². The molecule has 6 nitrogen and oxygen atoms in total. The van der Waals surface area contributed by atoms with Crippen molar-refractivity contribution in [2.24, 2.45) is 11.7 Å². The van der Waals surface area contributed by atoms with Gasteiger partial charge in [-0.3, -0.25) is 4.79 Å². The molecule has 0 aromatic heterocycles. The summed E-state index contributed by atoms with van der Waals surface area (Å²) in [5, 5.41) is 2.93. The van der Waals surface area contributed by atoms with Gasteiger partial charge in [0, 0.05) is 31.1 Å². The van der Waals surface area contributed by atoms with Crippen LogP contribution in [-0.2, 0) is 14.8 Å². The van der Waals surface area contributed by atoms with Crippen LogP contribution in [0.3, 0.4) is 0 Å². The van der Waals surface area contributed by atoms with Crippen LogP contribution in [0, 0.1) is 5.92 Å². The molecule has 0 bridgehead atoms. The van der Waals surface area contributed by atoms with Gasteiger partial charge in [0.2, 0.25) is 15.9 Å². The number of nitrogens with one attached hydrogen (secondary N) is 1. The second kappa shape index (κ2) is 9.05. The minimum absolute atomic E-state index is 0. The Bertz CT molecular complexity index is 444. The van der Waals surface area contributed by atoms with Gasteiger partial charge < -0.3 is 11.1 Å². The third kappa shape index (κ3) is 5.68. The smallest absolute Gasteiger partial charge is 0.223 e. The minimum Gasteiger partial charge on any atom is -0.354 e. The predicted octanol–water partition coefficient (Wildman–Crippen LogP) is 1.10. The molecule has 1 amide bonds. The number of rotatable bonds is 7. The SMILES string of the molecule is CCC(N)(CC)CNC(=O)C1CCN(S(=O)(=O)CC)CC1.Cl. The van der Waals surface area contributed by atoms with E-state index in [1.54, 1.807) is 6.92 Å². The number of hydrogen-bond acceptors (Lipinski definition) is 4. The number of amides is 1. The zero-order valence-electron chi connectivity index (χ0n) is 13.8. The average molecular weight is 356 g/mol. The zero-order chi connectivity index (χ0) is 16.1. The molecule has 0 aliphatic carbocycles. The Morgan fingerprint density at radius 1 is 1.23 bits per heavy atom. The topological polar surface area (TPSA) is 92.5 Å². The van der Waals surface area contributed by atoms with Crippen molar-refractivity contribution in [2.45, 2.75) is 52.0 Å². The molecule has 1 fully saturated rings. The molecular formula is C14H30ClN3O3S. The molecule has 8 heteroatoms. The van der Waals surface area contributed by atoms with Crippen LogP contribution in [0.1, 0.15) is 46.5 Å². The van der Waals surface area contributed by atoms with Gasteiger partial charge in [-0.25, -0.2) is 12.7 Å². The highest BCUT2D eigenvalue weighted by Crippen LogP contribution is 2.20. The first-order valence-corrected chi connectivity index (χ1v) is 9.43. The lowest BCUT2D eigenvalue weighted by Crippen LogP contribution is -2.51. The third-order valence-electron chi connectivity index (χ3n) is 4.61. The standard InChI is InChI=1S/C14H29N3O3S.ClH/c1-4-14(15,5-2)11-16-13(18)12-7-9-17(10-8-12)21(19,20)6-3;/h12H,4-11,15H2,1-3H3,(H,16,18);1H. The summed E-state index contributed by atoms with van der Waals surface area (Å²) in [7, 11) is -3.13. The first-order valence-electron chi connectivity index (χ1n) is 7.82. The second-order valence-corrected chi connectivity index (χ2v) is 8.12. The average Bonchev–Trinajstić information content (AvgIpc) is 2.52. The van der Waals surface area contributed by atoms with E-state index >= 15 is 0 Å². The van der Waals surface area contributed by atoms with Crippen LogP contribution in [0.25, 0.3) is 0 Å². The summed E-state index contributed by atoms with van der Waals surface area (Å²) in [6.07, 6.45) is 2.80. The minimum atomic E-state index is -3.13. The number of sulfonamides is 1. The lowest BCUT2D eigenvalue weighted by atomic mass is 9.93. The first-order chi connectivity index (χ1) is 9.78. The maximum absolute atomic E-state index is 12.2. The quantitative estimate of drug-likeness (QED) is 0.715. The van der Waals surface area contributed by atoms with Crippen LogP contribution >= 0.6 is 12.4 Å². The summed E-state index contributed by atoms with van der Waals surface area (Å²) in [5.41, 5.74) is 5.82. The fourth-order valence-electron chi connectivity index (χ4n) is 2.49. The number of carbonyl (C=O) groups excluding carboxylic acids is 1. The number of nitrogens with zero attached hydrogens (tertiary/aromatic N) is 1. The van der Waals surface area contributed by atoms with Gasteiger partial charge in [-0.15, -0.1) is 12.4 Å². The maximum Gasteiger partial charge on any atom is 0.223 e. The summed E-state index contributed by atoms with van der Waals surface area (Å²) < 4.78 is 25.0. The highest BCUT2D eigenvalue weighted by Gasteiger charge is 2.31. The van der Waals surface area contributed by atoms with Crippen molar-refractivity contribution in [1.82, 2.24) is 9.62 Å². The Morgan fingerprint density at radius 3 is 2.14 bits per heavy atom. The maximum atomic E-state index is 12.2. The molecule has 1 heterocycles. The molecule has 0 spiro atoms. The van der Waals surface area contributed by atoms with Crippen molar-refractivity contribution < 1.29 is 13.2 Å². The van der Waals surface area contributed by atoms with Crippen molar-refractivity contribution in [1.29, 1.82) is 0 Å². The molecule has 0 saturated carbocycles. The largest absolute Gasteiger partial charge is 0.354 e. The summed E-state index contributed by atoms with van der Waals surface area (Å²) in [6, 6.07) is 0. The Kier molecular flexibility index (Phi) is 8.90. The molecule has 0 unspecified atom stereocenters. The van der Waals surface area contributed by atoms with Crippen LogP contribution in [0.2, 0.25) is 0 Å². The molecule has 1 aliphatic rings. The molecular weight excluding hydrogens is 326 g/mol. The molecule has 0 radical (unpaired) electrons. The van der Waals surface area contributed by atoms with E-state index in [0.717, 1.165) is 12.8 Å². The number of halogens is 1. The van der Waals surface area contributed by atoms with Crippen molar-refractivity contribution in [3.63, 3.8) is 0 Å². The highest BCUT2D eigenvalue weighted by atomic mass is 35.5. The molecule has 0 atom stereocenters. The Balaban J connectivity index is 0.00000441. The Hall–Kier alpha value is -0.370. The van der Waals surface area contributed by atoms with Crippen LogP contribution in [0.5, 0.6) is 0 Å². The fraction of sp³-hybridized carbons (Fsp3) is 0.929. The number of hydrogen-bond donors (Lipinski definition) is 2. The van der Waals surface area contributed by atoms with E-state index in [1.165, 1.54) is 4.31 Å². The number of carbonyl (C=O) groups is 1. The van der Waals surface area contributed by atoms with Gasteiger partial charge in [-0.2, -0.15) is 0 Å². The van der Waals surface area contributed by atoms with Gasteiger partial charge in [-0.1, -0.05) is 13.8 Å². The molecule has 3 N–H and O–H groups in total. The lowest BCUT2D eigenvalue weighted by Gasteiger charge is -2.32. The molecule has 132 valence electrons. The van der Waals surface area contributed by atoms with Crippen LogP contribution in [0.15, 0.2) is 0 Å². The van der Waals surface area contributed by atoms with Gasteiger partial charge in [0.1, 0.15) is 0 Å². The summed E-state index contributed by atoms with van der Waals surface area (Å²) in [4.78, 5) is 12.2. The van der Waals surface area contributed by atoms with E-state index in [0.29, 0.717) is 32.5 Å². The first kappa shape index (κ1) is 21.6. The summed E-state index contributed by atoms with van der Waals surface area (Å²) >= 11 is 0. The Labute approximate surface area is 140 Å². The van der Waals surface area contributed by atoms with E-state index in [2.05, 4.69) is 5.32 Å². The summed E-state index contributed by atoms with van der Waals surface area (Å²) in [5.74, 6) is 0.0126. The number of nitrogens with two attached hydrogens (primary N) is 1. The van der Waals surface area contributed by atoms with E-state index in [1.807, 2.05) is 13.8 Å². The zero-order valence-corrected chi connectivity index (χ0v) is 15.4. The van der Waals surface area contributed by atoms with Gasteiger partial charge >= 0.3 is 0 Å². The normalized spacial score (nSPS) is 17.8. The third-order valence-corrected chi connectivity index (χ3v) is 6.49. The van der Waals surface area contributed by atoms with Crippen molar-refractivity contribution in [3.8, 4) is 0 Å². The van der Waals surface area contributed by atoms with E-state index in [9.17, 15) is 13.2 Å². The van der Waals surface area contributed by atoms with Crippen molar-refractivity contribution in [3.05, 3.63) is 0 Å². The van der Waals surface area contributed by atoms with Crippen molar-refractivity contribution >= 4 is 28.3 Å². The van der Waals surface area contributed by atoms with E-state index in [4.69, 9.17) is 5.73 Å². The molecule has 1 saturated heterocycles. The van der Waals surface area contributed by atoms with Gasteiger partial charge in [0.15, 0.2) is 0 Å². The van der Waals surface area contributed by atoms with Gasteiger partial charge in [0.25, 0.3) is 0 Å². The highest BCUT2D eigenvalue weighted by molar-refractivity contribution is 7.89. The fourth-order valence-corrected chi connectivity index (χ4v) is 3.62. The second-order valence-electron chi connectivity index (χ2n) is 5.86. The van der Waals surface area contributed by atoms with Gasteiger partial charge in [-0.05, 0) is 32.6 Å². The lowest BCUT2D eigenvalue weighted by molar-refractivity contribution is -0.126.